The summed E-state index contributed by atoms with van der Waals surface area (Å²) >= 11 is 0. The fourth-order valence-electron chi connectivity index (χ4n) is 2.20. The summed E-state index contributed by atoms with van der Waals surface area (Å²) in [5, 5.41) is 21.6. The van der Waals surface area contributed by atoms with Gasteiger partial charge in [0, 0.05) is 6.54 Å². The number of alkyl halides is 2. The number of carbonyl (C=O) groups excluding carboxylic acids is 1. The highest BCUT2D eigenvalue weighted by Crippen LogP contribution is 2.30. The van der Waals surface area contributed by atoms with Crippen LogP contribution < -0.4 is 5.32 Å². The van der Waals surface area contributed by atoms with Gasteiger partial charge in [0.25, 0.3) is 5.91 Å². The molecule has 0 bridgehead atoms. The predicted octanol–water partition coefficient (Wildman–Crippen LogP) is 1.59. The summed E-state index contributed by atoms with van der Waals surface area (Å²) in [6.45, 7) is 1.57. The van der Waals surface area contributed by atoms with Crippen molar-refractivity contribution in [2.24, 2.45) is 0 Å². The molecule has 0 heterocycles. The monoisotopic (exact) mass is 279 g/mol. The van der Waals surface area contributed by atoms with Crippen LogP contribution in [0, 0.1) is 0 Å². The van der Waals surface area contributed by atoms with Crippen LogP contribution in [0.25, 0.3) is 0 Å². The van der Waals surface area contributed by atoms with Crippen molar-refractivity contribution < 1.29 is 23.8 Å². The van der Waals surface area contributed by atoms with Crippen LogP contribution in [0.15, 0.2) is 0 Å². The topological polar surface area (TPSA) is 69.6 Å². The molecule has 0 aromatic heterocycles. The molecule has 1 fully saturated rings. The second-order valence-corrected chi connectivity index (χ2v) is 5.95. The summed E-state index contributed by atoms with van der Waals surface area (Å²) in [5.74, 6) is -5.42. The van der Waals surface area contributed by atoms with Gasteiger partial charge in [-0.2, -0.15) is 8.78 Å². The Bertz CT molecular complexity index is 318. The number of rotatable bonds is 4. The molecule has 0 aliphatic heterocycles. The van der Waals surface area contributed by atoms with E-state index in [2.05, 4.69) is 5.32 Å². The van der Waals surface area contributed by atoms with Gasteiger partial charge in [-0.25, -0.2) is 0 Å². The molecular weight excluding hydrogens is 256 g/mol. The van der Waals surface area contributed by atoms with Crippen LogP contribution in [0.2, 0.25) is 0 Å². The Hall–Kier alpha value is -0.750. The molecule has 0 aromatic rings. The first-order chi connectivity index (χ1) is 8.58. The fraction of sp³-hybridized carbons (Fsp3) is 0.923. The van der Waals surface area contributed by atoms with Gasteiger partial charge in [0.2, 0.25) is 0 Å². The minimum Gasteiger partial charge on any atom is -0.388 e. The van der Waals surface area contributed by atoms with Crippen LogP contribution in [-0.2, 0) is 4.79 Å². The van der Waals surface area contributed by atoms with Crippen LogP contribution in [0.4, 0.5) is 8.78 Å². The van der Waals surface area contributed by atoms with Gasteiger partial charge in [-0.05, 0) is 26.7 Å². The van der Waals surface area contributed by atoms with Crippen molar-refractivity contribution in [3.05, 3.63) is 0 Å². The molecule has 0 saturated heterocycles. The molecule has 0 unspecified atom stereocenters. The third-order valence-corrected chi connectivity index (χ3v) is 3.67. The van der Waals surface area contributed by atoms with E-state index < -0.39 is 23.0 Å². The minimum absolute atomic E-state index is 0.197. The summed E-state index contributed by atoms with van der Waals surface area (Å²) < 4.78 is 27.1. The number of hydrogen-bond donors (Lipinski definition) is 3. The highest BCUT2D eigenvalue weighted by molar-refractivity contribution is 5.84. The van der Waals surface area contributed by atoms with Gasteiger partial charge < -0.3 is 15.5 Å². The molecule has 1 saturated carbocycles. The number of amides is 1. The molecule has 19 heavy (non-hydrogen) atoms. The Labute approximate surface area is 112 Å². The Morgan fingerprint density at radius 2 is 1.68 bits per heavy atom. The molecule has 112 valence electrons. The van der Waals surface area contributed by atoms with Gasteiger partial charge in [0.1, 0.15) is 5.60 Å². The number of nitrogens with one attached hydrogen (secondary N) is 1. The number of carbonyl (C=O) groups is 1. The second-order valence-electron chi connectivity index (χ2n) is 5.95. The van der Waals surface area contributed by atoms with Gasteiger partial charge in [-0.3, -0.25) is 4.79 Å². The van der Waals surface area contributed by atoms with Gasteiger partial charge in [-0.15, -0.1) is 0 Å². The van der Waals surface area contributed by atoms with Crippen molar-refractivity contribution in [3.63, 3.8) is 0 Å². The average molecular weight is 279 g/mol. The highest BCUT2D eigenvalue weighted by atomic mass is 19.3. The number of halogens is 2. The zero-order valence-corrected chi connectivity index (χ0v) is 11.5. The SMILES string of the molecule is CC(C)(O)C(F)(F)C(=O)NCC1(O)CCCCCC1. The zero-order valence-electron chi connectivity index (χ0n) is 11.5. The summed E-state index contributed by atoms with van der Waals surface area (Å²) in [4.78, 5) is 11.5. The van der Waals surface area contributed by atoms with E-state index in [1.165, 1.54) is 0 Å². The second kappa shape index (κ2) is 5.71. The van der Waals surface area contributed by atoms with Gasteiger partial charge in [-0.1, -0.05) is 25.7 Å². The average Bonchev–Trinajstić information content (AvgIpc) is 2.50. The van der Waals surface area contributed by atoms with Crippen LogP contribution >= 0.6 is 0 Å². The lowest BCUT2D eigenvalue weighted by Crippen LogP contribution is -2.56. The Kier molecular flexibility index (Phi) is 4.90. The number of hydrogen-bond acceptors (Lipinski definition) is 3. The quantitative estimate of drug-likeness (QED) is 0.685. The maximum Gasteiger partial charge on any atom is 0.351 e. The molecule has 1 rings (SSSR count). The normalized spacial score (nSPS) is 20.7. The third kappa shape index (κ3) is 4.11. The molecule has 1 aliphatic carbocycles. The smallest absolute Gasteiger partial charge is 0.351 e. The molecule has 1 amide bonds. The molecule has 3 N–H and O–H groups in total. The van der Waals surface area contributed by atoms with E-state index in [9.17, 15) is 23.8 Å². The van der Waals surface area contributed by atoms with Crippen molar-refractivity contribution >= 4 is 5.91 Å². The van der Waals surface area contributed by atoms with Crippen molar-refractivity contribution in [1.29, 1.82) is 0 Å². The van der Waals surface area contributed by atoms with Gasteiger partial charge in [0.05, 0.1) is 5.60 Å². The molecule has 0 radical (unpaired) electrons. The van der Waals surface area contributed by atoms with Crippen LogP contribution in [-0.4, -0.2) is 39.8 Å². The van der Waals surface area contributed by atoms with E-state index >= 15 is 0 Å². The first kappa shape index (κ1) is 16.3. The molecule has 0 aromatic carbocycles. The maximum absolute atomic E-state index is 13.5. The van der Waals surface area contributed by atoms with Crippen molar-refractivity contribution in [3.8, 4) is 0 Å². The zero-order chi connectivity index (χ0) is 14.7. The molecule has 1 aliphatic rings. The molecular formula is C13H23F2NO3. The van der Waals surface area contributed by atoms with Crippen molar-refractivity contribution in [2.45, 2.75) is 69.5 Å². The van der Waals surface area contributed by atoms with Crippen LogP contribution in [0.1, 0.15) is 52.4 Å². The largest absolute Gasteiger partial charge is 0.388 e. The Balaban J connectivity index is 2.58. The van der Waals surface area contributed by atoms with Crippen molar-refractivity contribution in [2.75, 3.05) is 6.54 Å². The van der Waals surface area contributed by atoms with Crippen LogP contribution in [0.3, 0.4) is 0 Å². The molecule has 0 spiro atoms. The Morgan fingerprint density at radius 3 is 2.11 bits per heavy atom. The lowest BCUT2D eigenvalue weighted by atomic mass is 9.94. The first-order valence-electron chi connectivity index (χ1n) is 6.69. The van der Waals surface area contributed by atoms with Crippen molar-refractivity contribution in [1.82, 2.24) is 5.32 Å². The summed E-state index contributed by atoms with van der Waals surface area (Å²) in [7, 11) is 0. The van der Waals surface area contributed by atoms with E-state index in [-0.39, 0.29) is 6.54 Å². The lowest BCUT2D eigenvalue weighted by Gasteiger charge is -2.31. The standard InChI is InChI=1S/C13H23F2NO3/c1-11(2,18)13(14,15)10(17)16-9-12(19)7-5-3-4-6-8-12/h18-19H,3-9H2,1-2H3,(H,16,17). The first-order valence-corrected chi connectivity index (χ1v) is 6.69. The van der Waals surface area contributed by atoms with E-state index in [1.807, 2.05) is 0 Å². The molecule has 4 nitrogen and oxygen atoms in total. The van der Waals surface area contributed by atoms with E-state index in [1.54, 1.807) is 0 Å². The summed E-state index contributed by atoms with van der Waals surface area (Å²) in [6.07, 6.45) is 4.68. The summed E-state index contributed by atoms with van der Waals surface area (Å²) in [6, 6.07) is 0. The molecule has 0 atom stereocenters. The predicted molar refractivity (Wildman–Crippen MR) is 66.9 cm³/mol. The van der Waals surface area contributed by atoms with Gasteiger partial charge >= 0.3 is 5.92 Å². The van der Waals surface area contributed by atoms with Gasteiger partial charge in [0.15, 0.2) is 0 Å². The van der Waals surface area contributed by atoms with E-state index in [4.69, 9.17) is 0 Å². The highest BCUT2D eigenvalue weighted by Gasteiger charge is 2.52. The van der Waals surface area contributed by atoms with E-state index in [0.29, 0.717) is 12.8 Å². The van der Waals surface area contributed by atoms with Crippen LogP contribution in [0.5, 0.6) is 0 Å². The third-order valence-electron chi connectivity index (χ3n) is 3.67. The fourth-order valence-corrected chi connectivity index (χ4v) is 2.20. The Morgan fingerprint density at radius 1 is 1.21 bits per heavy atom. The number of aliphatic hydroxyl groups is 2. The lowest BCUT2D eigenvalue weighted by molar-refractivity contribution is -0.183. The summed E-state index contributed by atoms with van der Waals surface area (Å²) in [5.41, 5.74) is -3.54. The van der Waals surface area contributed by atoms with E-state index in [0.717, 1.165) is 39.5 Å². The maximum atomic E-state index is 13.5. The molecule has 6 heteroatoms. The minimum atomic E-state index is -3.88.